The van der Waals surface area contributed by atoms with E-state index in [4.69, 9.17) is 0 Å². The first-order valence-electron chi connectivity index (χ1n) is 8.22. The maximum absolute atomic E-state index is 3.71. The summed E-state index contributed by atoms with van der Waals surface area (Å²) in [4.78, 5) is 2.77. The third-order valence-corrected chi connectivity index (χ3v) is 6.54. The van der Waals surface area contributed by atoms with Crippen molar-refractivity contribution in [3.05, 3.63) is 0 Å². The van der Waals surface area contributed by atoms with Crippen molar-refractivity contribution in [2.24, 2.45) is 0 Å². The lowest BCUT2D eigenvalue weighted by molar-refractivity contribution is 0.123. The van der Waals surface area contributed by atoms with E-state index in [-0.39, 0.29) is 0 Å². The zero-order valence-electron chi connectivity index (χ0n) is 13.1. The van der Waals surface area contributed by atoms with E-state index in [0.29, 0.717) is 4.75 Å². The topological polar surface area (TPSA) is 15.3 Å². The molecule has 3 heteroatoms. The van der Waals surface area contributed by atoms with Gasteiger partial charge in [0.1, 0.15) is 0 Å². The Labute approximate surface area is 124 Å². The Kier molecular flexibility index (Phi) is 6.04. The molecule has 1 aliphatic heterocycles. The van der Waals surface area contributed by atoms with Crippen LogP contribution in [-0.4, -0.2) is 47.6 Å². The number of thioether (sulfide) groups is 1. The zero-order chi connectivity index (χ0) is 13.7. The smallest absolute Gasteiger partial charge is 0.0284 e. The van der Waals surface area contributed by atoms with E-state index < -0.39 is 0 Å². The van der Waals surface area contributed by atoms with Crippen LogP contribution in [0, 0.1) is 0 Å². The van der Waals surface area contributed by atoms with Gasteiger partial charge in [-0.1, -0.05) is 19.8 Å². The van der Waals surface area contributed by atoms with Gasteiger partial charge in [-0.15, -0.1) is 0 Å². The molecule has 1 N–H and O–H groups in total. The fourth-order valence-corrected chi connectivity index (χ4v) is 4.80. The van der Waals surface area contributed by atoms with Gasteiger partial charge in [0.2, 0.25) is 0 Å². The fourth-order valence-electron chi connectivity index (χ4n) is 3.81. The molecule has 1 saturated heterocycles. The second-order valence-electron chi connectivity index (χ2n) is 6.59. The molecule has 0 bridgehead atoms. The van der Waals surface area contributed by atoms with Gasteiger partial charge in [-0.25, -0.2) is 0 Å². The minimum absolute atomic E-state index is 0.581. The normalized spacial score (nSPS) is 31.7. The van der Waals surface area contributed by atoms with Crippen molar-refractivity contribution in [3.63, 3.8) is 0 Å². The van der Waals surface area contributed by atoms with Gasteiger partial charge in [0.15, 0.2) is 0 Å². The van der Waals surface area contributed by atoms with Gasteiger partial charge in [0.25, 0.3) is 0 Å². The molecule has 0 aromatic rings. The van der Waals surface area contributed by atoms with E-state index in [1.54, 1.807) is 0 Å². The van der Waals surface area contributed by atoms with E-state index >= 15 is 0 Å². The Morgan fingerprint density at radius 1 is 1.32 bits per heavy atom. The summed E-state index contributed by atoms with van der Waals surface area (Å²) >= 11 is 2.13. The zero-order valence-corrected chi connectivity index (χ0v) is 13.9. The lowest BCUT2D eigenvalue weighted by atomic mass is 9.95. The molecule has 19 heavy (non-hydrogen) atoms. The van der Waals surface area contributed by atoms with Crippen LogP contribution in [0.2, 0.25) is 0 Å². The summed E-state index contributed by atoms with van der Waals surface area (Å²) in [7, 11) is 0. The second kappa shape index (κ2) is 7.33. The highest BCUT2D eigenvalue weighted by Crippen LogP contribution is 2.41. The van der Waals surface area contributed by atoms with Gasteiger partial charge < -0.3 is 5.32 Å². The summed E-state index contributed by atoms with van der Waals surface area (Å²) in [5, 5.41) is 3.71. The number of nitrogens with zero attached hydrogens (tertiary/aromatic N) is 1. The predicted molar refractivity (Wildman–Crippen MR) is 87.1 cm³/mol. The number of likely N-dealkylation sites (tertiary alicyclic amines) is 1. The van der Waals surface area contributed by atoms with Gasteiger partial charge in [0, 0.05) is 23.4 Å². The van der Waals surface area contributed by atoms with Crippen molar-refractivity contribution < 1.29 is 0 Å². The van der Waals surface area contributed by atoms with Crippen LogP contribution in [0.5, 0.6) is 0 Å². The highest BCUT2D eigenvalue weighted by molar-refractivity contribution is 8.00. The summed E-state index contributed by atoms with van der Waals surface area (Å²) in [5.74, 6) is 0. The lowest BCUT2D eigenvalue weighted by Gasteiger charge is -2.42. The molecule has 2 nitrogen and oxygen atoms in total. The molecule has 0 amide bonds. The van der Waals surface area contributed by atoms with Crippen molar-refractivity contribution in [3.8, 4) is 0 Å². The van der Waals surface area contributed by atoms with Crippen LogP contribution in [0.15, 0.2) is 0 Å². The molecule has 0 aromatic heterocycles. The van der Waals surface area contributed by atoms with Gasteiger partial charge >= 0.3 is 0 Å². The monoisotopic (exact) mass is 284 g/mol. The molecule has 1 aliphatic carbocycles. The van der Waals surface area contributed by atoms with E-state index in [2.05, 4.69) is 42.1 Å². The SMILES string of the molecule is CCCNC1CCN(CC2(SC)CCCC2)C(C)C1. The number of rotatable bonds is 6. The molecule has 1 saturated carbocycles. The summed E-state index contributed by atoms with van der Waals surface area (Å²) < 4.78 is 0.581. The van der Waals surface area contributed by atoms with Crippen molar-refractivity contribution >= 4 is 11.8 Å². The summed E-state index contributed by atoms with van der Waals surface area (Å²) in [6.45, 7) is 8.50. The van der Waals surface area contributed by atoms with Gasteiger partial charge in [-0.2, -0.15) is 11.8 Å². The average molecular weight is 285 g/mol. The molecule has 2 rings (SSSR count). The van der Waals surface area contributed by atoms with E-state index in [1.807, 2.05) is 0 Å². The van der Waals surface area contributed by atoms with Crippen LogP contribution >= 0.6 is 11.8 Å². The van der Waals surface area contributed by atoms with E-state index in [1.165, 1.54) is 64.6 Å². The summed E-state index contributed by atoms with van der Waals surface area (Å²) in [6.07, 6.45) is 12.0. The molecule has 1 heterocycles. The summed E-state index contributed by atoms with van der Waals surface area (Å²) in [6, 6.07) is 1.52. The van der Waals surface area contributed by atoms with E-state index in [9.17, 15) is 0 Å². The van der Waals surface area contributed by atoms with Crippen molar-refractivity contribution in [2.75, 3.05) is 25.9 Å². The molecule has 0 radical (unpaired) electrons. The Bertz CT molecular complexity index is 263. The van der Waals surface area contributed by atoms with Crippen LogP contribution in [0.3, 0.4) is 0 Å². The molecule has 0 spiro atoms. The molecule has 2 atom stereocenters. The third-order valence-electron chi connectivity index (χ3n) is 5.14. The Morgan fingerprint density at radius 3 is 2.63 bits per heavy atom. The molecule has 2 aliphatic rings. The highest BCUT2D eigenvalue weighted by Gasteiger charge is 2.37. The largest absolute Gasteiger partial charge is 0.314 e. The van der Waals surface area contributed by atoms with Crippen LogP contribution in [0.4, 0.5) is 0 Å². The van der Waals surface area contributed by atoms with Crippen LogP contribution < -0.4 is 5.32 Å². The number of nitrogens with one attached hydrogen (secondary N) is 1. The maximum Gasteiger partial charge on any atom is 0.0284 e. The number of hydrogen-bond donors (Lipinski definition) is 1. The van der Waals surface area contributed by atoms with Gasteiger partial charge in [-0.3, -0.25) is 4.90 Å². The standard InChI is InChI=1S/C16H32N2S/c1-4-10-17-15-7-11-18(14(2)12-15)13-16(19-3)8-5-6-9-16/h14-15,17H,4-13H2,1-3H3. The maximum atomic E-state index is 3.71. The molecular formula is C16H32N2S. The lowest BCUT2D eigenvalue weighted by Crippen LogP contribution is -2.51. The molecule has 2 fully saturated rings. The molecular weight excluding hydrogens is 252 g/mol. The minimum atomic E-state index is 0.581. The van der Waals surface area contributed by atoms with Crippen LogP contribution in [0.1, 0.15) is 58.8 Å². The van der Waals surface area contributed by atoms with Crippen LogP contribution in [-0.2, 0) is 0 Å². The first kappa shape index (κ1) is 15.7. The number of hydrogen-bond acceptors (Lipinski definition) is 3. The summed E-state index contributed by atoms with van der Waals surface area (Å²) in [5.41, 5.74) is 0. The highest BCUT2D eigenvalue weighted by atomic mass is 32.2. The Balaban J connectivity index is 1.82. The van der Waals surface area contributed by atoms with Crippen LogP contribution in [0.25, 0.3) is 0 Å². The molecule has 2 unspecified atom stereocenters. The quantitative estimate of drug-likeness (QED) is 0.803. The Morgan fingerprint density at radius 2 is 2.05 bits per heavy atom. The van der Waals surface area contributed by atoms with Gasteiger partial charge in [-0.05, 0) is 58.4 Å². The van der Waals surface area contributed by atoms with E-state index in [0.717, 1.165) is 12.1 Å². The average Bonchev–Trinajstić information content (AvgIpc) is 2.88. The fraction of sp³-hybridized carbons (Fsp3) is 1.00. The number of piperidine rings is 1. The first-order valence-corrected chi connectivity index (χ1v) is 9.44. The third kappa shape index (κ3) is 4.12. The predicted octanol–water partition coefficient (Wildman–Crippen LogP) is 3.51. The minimum Gasteiger partial charge on any atom is -0.314 e. The molecule has 0 aromatic carbocycles. The second-order valence-corrected chi connectivity index (χ2v) is 7.86. The van der Waals surface area contributed by atoms with Crippen molar-refractivity contribution in [1.29, 1.82) is 0 Å². The Hall–Kier alpha value is 0.270. The van der Waals surface area contributed by atoms with Crippen molar-refractivity contribution in [2.45, 2.75) is 75.6 Å². The van der Waals surface area contributed by atoms with Crippen molar-refractivity contribution in [1.82, 2.24) is 10.2 Å². The molecule has 112 valence electrons. The van der Waals surface area contributed by atoms with Gasteiger partial charge in [0.05, 0.1) is 0 Å². The first-order chi connectivity index (χ1) is 9.19.